The van der Waals surface area contributed by atoms with Gasteiger partial charge < -0.3 is 25.7 Å². The molecule has 0 bridgehead atoms. The summed E-state index contributed by atoms with van der Waals surface area (Å²) >= 11 is 0. The number of anilines is 1. The molecule has 8 heteroatoms. The molecule has 1 aliphatic rings. The van der Waals surface area contributed by atoms with Gasteiger partial charge in [-0.05, 0) is 18.2 Å². The number of hydrogen-bond acceptors (Lipinski definition) is 4. The van der Waals surface area contributed by atoms with Crippen molar-refractivity contribution < 1.29 is 24.6 Å². The van der Waals surface area contributed by atoms with Crippen LogP contribution >= 0.6 is 0 Å². The summed E-state index contributed by atoms with van der Waals surface area (Å²) in [5.74, 6) is -1.76. The van der Waals surface area contributed by atoms with Gasteiger partial charge in [-0.1, -0.05) is 0 Å². The minimum Gasteiger partial charge on any atom is -0.507 e. The summed E-state index contributed by atoms with van der Waals surface area (Å²) < 4.78 is 0. The number of phenols is 1. The maximum atomic E-state index is 12.1. The maximum Gasteiger partial charge on any atom is 0.339 e. The molecular formula is C13H15N3O5. The van der Waals surface area contributed by atoms with Gasteiger partial charge in [-0.15, -0.1) is 0 Å². The Kier molecular flexibility index (Phi) is 4.27. The number of amides is 3. The zero-order valence-electron chi connectivity index (χ0n) is 11.1. The van der Waals surface area contributed by atoms with Gasteiger partial charge in [-0.3, -0.25) is 4.79 Å². The first-order chi connectivity index (χ1) is 9.97. The van der Waals surface area contributed by atoms with E-state index in [0.717, 1.165) is 0 Å². The first kappa shape index (κ1) is 14.6. The number of carbonyl (C=O) groups is 3. The molecule has 0 spiro atoms. The van der Waals surface area contributed by atoms with Crippen LogP contribution < -0.4 is 10.6 Å². The molecule has 1 aromatic rings. The van der Waals surface area contributed by atoms with Crippen LogP contribution in [0.2, 0.25) is 0 Å². The smallest absolute Gasteiger partial charge is 0.339 e. The third-order valence-electron chi connectivity index (χ3n) is 3.08. The highest BCUT2D eigenvalue weighted by Crippen LogP contribution is 2.21. The molecular weight excluding hydrogens is 278 g/mol. The van der Waals surface area contributed by atoms with Gasteiger partial charge in [0.1, 0.15) is 11.3 Å². The summed E-state index contributed by atoms with van der Waals surface area (Å²) in [7, 11) is 0. The van der Waals surface area contributed by atoms with Crippen molar-refractivity contribution in [2.75, 3.05) is 25.0 Å². The quantitative estimate of drug-likeness (QED) is 0.590. The summed E-state index contributed by atoms with van der Waals surface area (Å²) in [6.07, 6.45) is 0.226. The molecule has 0 aliphatic carbocycles. The Bertz CT molecular complexity index is 587. The molecule has 0 unspecified atom stereocenters. The number of aromatic carboxylic acids is 1. The van der Waals surface area contributed by atoms with Crippen LogP contribution in [0.4, 0.5) is 10.5 Å². The molecule has 21 heavy (non-hydrogen) atoms. The van der Waals surface area contributed by atoms with E-state index >= 15 is 0 Å². The number of nitrogens with one attached hydrogen (secondary N) is 2. The van der Waals surface area contributed by atoms with E-state index in [9.17, 15) is 19.5 Å². The van der Waals surface area contributed by atoms with Gasteiger partial charge in [0, 0.05) is 31.7 Å². The Morgan fingerprint density at radius 3 is 2.76 bits per heavy atom. The molecule has 0 saturated carbocycles. The van der Waals surface area contributed by atoms with Crippen molar-refractivity contribution in [1.29, 1.82) is 0 Å². The van der Waals surface area contributed by atoms with E-state index in [-0.39, 0.29) is 29.3 Å². The van der Waals surface area contributed by atoms with Crippen LogP contribution in [0.5, 0.6) is 5.75 Å². The molecule has 0 atom stereocenters. The molecule has 1 aromatic carbocycles. The number of benzene rings is 1. The van der Waals surface area contributed by atoms with Crippen LogP contribution in [0, 0.1) is 0 Å². The summed E-state index contributed by atoms with van der Waals surface area (Å²) in [6, 6.07) is 3.36. The first-order valence-corrected chi connectivity index (χ1v) is 6.36. The Labute approximate surface area is 120 Å². The lowest BCUT2D eigenvalue weighted by Crippen LogP contribution is -2.37. The molecule has 1 heterocycles. The van der Waals surface area contributed by atoms with Gasteiger partial charge in [0.2, 0.25) is 5.91 Å². The highest BCUT2D eigenvalue weighted by molar-refractivity contribution is 5.95. The third kappa shape index (κ3) is 3.62. The topological polar surface area (TPSA) is 119 Å². The first-order valence-electron chi connectivity index (χ1n) is 6.36. The van der Waals surface area contributed by atoms with Crippen molar-refractivity contribution in [1.82, 2.24) is 10.2 Å². The number of aromatic hydroxyl groups is 1. The fraction of sp³-hybridized carbons (Fsp3) is 0.308. The minimum atomic E-state index is -1.28. The van der Waals surface area contributed by atoms with Crippen LogP contribution in [-0.2, 0) is 4.79 Å². The van der Waals surface area contributed by atoms with Crippen LogP contribution in [0.1, 0.15) is 16.8 Å². The predicted octanol–water partition coefficient (Wildman–Crippen LogP) is 0.444. The lowest BCUT2D eigenvalue weighted by molar-refractivity contribution is -0.120. The van der Waals surface area contributed by atoms with Crippen LogP contribution in [0.3, 0.4) is 0 Å². The van der Waals surface area contributed by atoms with Gasteiger partial charge >= 0.3 is 12.0 Å². The second-order valence-electron chi connectivity index (χ2n) is 4.55. The second kappa shape index (κ2) is 6.12. The van der Waals surface area contributed by atoms with Gasteiger partial charge in [0.25, 0.3) is 0 Å². The summed E-state index contributed by atoms with van der Waals surface area (Å²) in [5.41, 5.74) is -0.0285. The molecule has 1 aliphatic heterocycles. The number of carboxylic acids is 1. The Morgan fingerprint density at radius 2 is 2.05 bits per heavy atom. The van der Waals surface area contributed by atoms with E-state index < -0.39 is 12.0 Å². The average Bonchev–Trinajstić information content (AvgIpc) is 2.65. The number of urea groups is 1. The van der Waals surface area contributed by atoms with Gasteiger partial charge in [-0.25, -0.2) is 9.59 Å². The monoisotopic (exact) mass is 293 g/mol. The van der Waals surface area contributed by atoms with Gasteiger partial charge in [0.15, 0.2) is 0 Å². The van der Waals surface area contributed by atoms with Crippen molar-refractivity contribution in [3.63, 3.8) is 0 Å². The van der Waals surface area contributed by atoms with Gasteiger partial charge in [0.05, 0.1) is 0 Å². The van der Waals surface area contributed by atoms with E-state index in [1.807, 2.05) is 0 Å². The fourth-order valence-corrected chi connectivity index (χ4v) is 1.96. The molecule has 2 rings (SSSR count). The van der Waals surface area contributed by atoms with Crippen LogP contribution in [0.25, 0.3) is 0 Å². The highest BCUT2D eigenvalue weighted by Gasteiger charge is 2.19. The number of carboxylic acid groups (broad SMARTS) is 1. The Morgan fingerprint density at radius 1 is 1.29 bits per heavy atom. The van der Waals surface area contributed by atoms with Crippen molar-refractivity contribution in [2.24, 2.45) is 0 Å². The standard InChI is InChI=1S/C13H15N3O5/c17-10-2-1-8(7-9(10)12(19)20)15-13(21)16-5-3-11(18)14-4-6-16/h1-2,7,17H,3-6H2,(H,14,18)(H,15,21)(H,19,20). The molecule has 3 amide bonds. The number of nitrogens with zero attached hydrogens (tertiary/aromatic N) is 1. The fourth-order valence-electron chi connectivity index (χ4n) is 1.96. The number of rotatable bonds is 2. The van der Waals surface area contributed by atoms with Crippen molar-refractivity contribution in [2.45, 2.75) is 6.42 Å². The highest BCUT2D eigenvalue weighted by atomic mass is 16.4. The van der Waals surface area contributed by atoms with Crippen molar-refractivity contribution in [3.05, 3.63) is 23.8 Å². The zero-order chi connectivity index (χ0) is 15.4. The summed E-state index contributed by atoms with van der Waals surface area (Å²) in [5, 5.41) is 23.5. The molecule has 1 saturated heterocycles. The summed E-state index contributed by atoms with van der Waals surface area (Å²) in [4.78, 5) is 35.6. The van der Waals surface area contributed by atoms with Crippen LogP contribution in [0.15, 0.2) is 18.2 Å². The predicted molar refractivity (Wildman–Crippen MR) is 73.3 cm³/mol. The average molecular weight is 293 g/mol. The maximum absolute atomic E-state index is 12.1. The molecule has 4 N–H and O–H groups in total. The van der Waals surface area contributed by atoms with E-state index in [1.54, 1.807) is 0 Å². The van der Waals surface area contributed by atoms with E-state index in [1.165, 1.54) is 23.1 Å². The molecule has 0 radical (unpaired) electrons. The van der Waals surface area contributed by atoms with Crippen molar-refractivity contribution >= 4 is 23.6 Å². The molecule has 1 fully saturated rings. The second-order valence-corrected chi connectivity index (χ2v) is 4.55. The lowest BCUT2D eigenvalue weighted by Gasteiger charge is -2.20. The van der Waals surface area contributed by atoms with Crippen molar-refractivity contribution in [3.8, 4) is 5.75 Å². The lowest BCUT2D eigenvalue weighted by atomic mass is 10.2. The van der Waals surface area contributed by atoms with E-state index in [2.05, 4.69) is 10.6 Å². The van der Waals surface area contributed by atoms with Gasteiger partial charge in [-0.2, -0.15) is 0 Å². The normalized spacial score (nSPS) is 15.0. The molecule has 0 aromatic heterocycles. The largest absolute Gasteiger partial charge is 0.507 e. The number of hydrogen-bond donors (Lipinski definition) is 4. The molecule has 112 valence electrons. The van der Waals surface area contributed by atoms with E-state index in [0.29, 0.717) is 19.6 Å². The summed E-state index contributed by atoms with van der Waals surface area (Å²) in [6.45, 7) is 1.05. The Hall–Kier alpha value is -2.77. The molecule has 8 nitrogen and oxygen atoms in total. The Balaban J connectivity index is 2.07. The van der Waals surface area contributed by atoms with E-state index in [4.69, 9.17) is 5.11 Å². The minimum absolute atomic E-state index is 0.108. The third-order valence-corrected chi connectivity index (χ3v) is 3.08. The van der Waals surface area contributed by atoms with Crippen LogP contribution in [-0.4, -0.2) is 52.7 Å². The SMILES string of the molecule is O=C1CCN(C(=O)Nc2ccc(O)c(C(=O)O)c2)CCN1. The zero-order valence-corrected chi connectivity index (χ0v) is 11.1. The number of carbonyl (C=O) groups excluding carboxylic acids is 2.